The summed E-state index contributed by atoms with van der Waals surface area (Å²) in [4.78, 5) is 14.5. The Morgan fingerprint density at radius 1 is 1.14 bits per heavy atom. The van der Waals surface area contributed by atoms with Crippen molar-refractivity contribution in [1.82, 2.24) is 10.2 Å². The second-order valence-electron chi connectivity index (χ2n) is 6.54. The predicted molar refractivity (Wildman–Crippen MR) is 86.7 cm³/mol. The third-order valence-corrected chi connectivity index (χ3v) is 4.65. The zero-order valence-electron chi connectivity index (χ0n) is 13.3. The first kappa shape index (κ1) is 15.3. The molecule has 1 aliphatic carbocycles. The number of carbonyl (C=O) groups excluding carboxylic acids is 1. The Balaban J connectivity index is 1.61. The smallest absolute Gasteiger partial charge is 0.317 e. The van der Waals surface area contributed by atoms with E-state index in [1.165, 1.54) is 19.3 Å². The SMILES string of the molecule is CC1CN(C(=O)NC2CCCCC2)CC(c2ccccc2)O1. The molecule has 3 rings (SSSR count). The molecule has 0 bridgehead atoms. The molecule has 1 saturated carbocycles. The molecule has 2 aliphatic rings. The lowest BCUT2D eigenvalue weighted by Gasteiger charge is -2.38. The van der Waals surface area contributed by atoms with Crippen molar-refractivity contribution in [1.29, 1.82) is 0 Å². The summed E-state index contributed by atoms with van der Waals surface area (Å²) in [7, 11) is 0. The fourth-order valence-electron chi connectivity index (χ4n) is 3.48. The molecule has 4 nitrogen and oxygen atoms in total. The zero-order valence-corrected chi connectivity index (χ0v) is 13.3. The number of nitrogens with zero attached hydrogens (tertiary/aromatic N) is 1. The Labute approximate surface area is 132 Å². The summed E-state index contributed by atoms with van der Waals surface area (Å²) in [5.74, 6) is 0. The molecule has 22 heavy (non-hydrogen) atoms. The second kappa shape index (κ2) is 7.14. The van der Waals surface area contributed by atoms with E-state index in [4.69, 9.17) is 4.74 Å². The minimum atomic E-state index is -0.0259. The number of amides is 2. The highest BCUT2D eigenvalue weighted by Crippen LogP contribution is 2.25. The maximum absolute atomic E-state index is 12.5. The normalized spacial score (nSPS) is 26.7. The van der Waals surface area contributed by atoms with Gasteiger partial charge in [-0.25, -0.2) is 4.79 Å². The van der Waals surface area contributed by atoms with Gasteiger partial charge in [-0.05, 0) is 25.3 Å². The van der Waals surface area contributed by atoms with Crippen LogP contribution < -0.4 is 5.32 Å². The molecule has 2 unspecified atom stereocenters. The fraction of sp³-hybridized carbons (Fsp3) is 0.611. The topological polar surface area (TPSA) is 41.6 Å². The quantitative estimate of drug-likeness (QED) is 0.908. The Hall–Kier alpha value is -1.55. The van der Waals surface area contributed by atoms with Crippen LogP contribution in [-0.4, -0.2) is 36.2 Å². The number of benzene rings is 1. The molecule has 1 saturated heterocycles. The summed E-state index contributed by atoms with van der Waals surface area (Å²) in [5.41, 5.74) is 1.14. The van der Waals surface area contributed by atoms with Gasteiger partial charge in [-0.3, -0.25) is 0 Å². The van der Waals surface area contributed by atoms with Crippen molar-refractivity contribution in [3.63, 3.8) is 0 Å². The summed E-state index contributed by atoms with van der Waals surface area (Å²) < 4.78 is 6.02. The summed E-state index contributed by atoms with van der Waals surface area (Å²) >= 11 is 0. The zero-order chi connectivity index (χ0) is 15.4. The number of ether oxygens (including phenoxy) is 1. The van der Waals surface area contributed by atoms with E-state index in [9.17, 15) is 4.79 Å². The van der Waals surface area contributed by atoms with E-state index in [0.717, 1.165) is 18.4 Å². The summed E-state index contributed by atoms with van der Waals surface area (Å²) in [5, 5.41) is 3.21. The van der Waals surface area contributed by atoms with Crippen LogP contribution >= 0.6 is 0 Å². The number of rotatable bonds is 2. The lowest BCUT2D eigenvalue weighted by Crippen LogP contribution is -2.52. The van der Waals surface area contributed by atoms with Gasteiger partial charge in [0.1, 0.15) is 6.10 Å². The van der Waals surface area contributed by atoms with E-state index in [-0.39, 0.29) is 18.2 Å². The summed E-state index contributed by atoms with van der Waals surface area (Å²) in [6.45, 7) is 3.34. The van der Waals surface area contributed by atoms with Crippen LogP contribution in [0.1, 0.15) is 50.7 Å². The first-order valence-electron chi connectivity index (χ1n) is 8.48. The van der Waals surface area contributed by atoms with Crippen molar-refractivity contribution in [2.75, 3.05) is 13.1 Å². The molecule has 120 valence electrons. The van der Waals surface area contributed by atoms with Crippen LogP contribution in [0.15, 0.2) is 30.3 Å². The molecular weight excluding hydrogens is 276 g/mol. The Bertz CT molecular complexity index is 485. The molecule has 0 radical (unpaired) electrons. The molecule has 0 spiro atoms. The number of hydrogen-bond donors (Lipinski definition) is 1. The summed E-state index contributed by atoms with van der Waals surface area (Å²) in [6.07, 6.45) is 6.05. The molecule has 0 aromatic heterocycles. The van der Waals surface area contributed by atoms with Crippen molar-refractivity contribution in [2.24, 2.45) is 0 Å². The number of hydrogen-bond acceptors (Lipinski definition) is 2. The van der Waals surface area contributed by atoms with Crippen LogP contribution in [0.25, 0.3) is 0 Å². The van der Waals surface area contributed by atoms with Crippen molar-refractivity contribution in [2.45, 2.75) is 57.3 Å². The molecule has 1 N–H and O–H groups in total. The lowest BCUT2D eigenvalue weighted by molar-refractivity contribution is -0.0659. The minimum absolute atomic E-state index is 0.0259. The molecule has 2 amide bonds. The largest absolute Gasteiger partial charge is 0.367 e. The van der Waals surface area contributed by atoms with Gasteiger partial charge in [0.05, 0.1) is 12.6 Å². The maximum atomic E-state index is 12.5. The number of nitrogens with one attached hydrogen (secondary N) is 1. The Kier molecular flexibility index (Phi) is 4.98. The van der Waals surface area contributed by atoms with Crippen molar-refractivity contribution in [3.8, 4) is 0 Å². The number of carbonyl (C=O) groups is 1. The average molecular weight is 302 g/mol. The van der Waals surface area contributed by atoms with Crippen molar-refractivity contribution >= 4 is 6.03 Å². The fourth-order valence-corrected chi connectivity index (χ4v) is 3.48. The van der Waals surface area contributed by atoms with Gasteiger partial charge < -0.3 is 15.0 Å². The van der Waals surface area contributed by atoms with E-state index in [1.54, 1.807) is 0 Å². The van der Waals surface area contributed by atoms with Crippen LogP contribution in [0, 0.1) is 0 Å². The highest BCUT2D eigenvalue weighted by Gasteiger charge is 2.30. The van der Waals surface area contributed by atoms with E-state index in [2.05, 4.69) is 17.4 Å². The van der Waals surface area contributed by atoms with Crippen LogP contribution in [0.2, 0.25) is 0 Å². The second-order valence-corrected chi connectivity index (χ2v) is 6.54. The third kappa shape index (κ3) is 3.80. The first-order valence-corrected chi connectivity index (χ1v) is 8.48. The van der Waals surface area contributed by atoms with Crippen LogP contribution in [-0.2, 0) is 4.74 Å². The van der Waals surface area contributed by atoms with E-state index < -0.39 is 0 Å². The van der Waals surface area contributed by atoms with Gasteiger partial charge in [-0.1, -0.05) is 49.6 Å². The van der Waals surface area contributed by atoms with Crippen molar-refractivity contribution < 1.29 is 9.53 Å². The van der Waals surface area contributed by atoms with Gasteiger partial charge in [0.2, 0.25) is 0 Å². The molecule has 1 aliphatic heterocycles. The highest BCUT2D eigenvalue weighted by atomic mass is 16.5. The first-order chi connectivity index (χ1) is 10.7. The molecule has 2 atom stereocenters. The number of urea groups is 1. The predicted octanol–water partition coefficient (Wildman–Crippen LogP) is 3.49. The highest BCUT2D eigenvalue weighted by molar-refractivity contribution is 5.74. The van der Waals surface area contributed by atoms with Gasteiger partial charge in [-0.2, -0.15) is 0 Å². The van der Waals surface area contributed by atoms with E-state index in [0.29, 0.717) is 19.1 Å². The summed E-state index contributed by atoms with van der Waals surface area (Å²) in [6, 6.07) is 10.6. The van der Waals surface area contributed by atoms with Crippen LogP contribution in [0.3, 0.4) is 0 Å². The minimum Gasteiger partial charge on any atom is -0.367 e. The Morgan fingerprint density at radius 2 is 1.86 bits per heavy atom. The van der Waals surface area contributed by atoms with Crippen LogP contribution in [0.5, 0.6) is 0 Å². The van der Waals surface area contributed by atoms with Gasteiger partial charge in [-0.15, -0.1) is 0 Å². The number of morpholine rings is 1. The van der Waals surface area contributed by atoms with Gasteiger partial charge in [0.15, 0.2) is 0 Å². The van der Waals surface area contributed by atoms with Gasteiger partial charge in [0.25, 0.3) is 0 Å². The molecular formula is C18H26N2O2. The maximum Gasteiger partial charge on any atom is 0.317 e. The average Bonchev–Trinajstić information content (AvgIpc) is 2.56. The Morgan fingerprint density at radius 3 is 2.59 bits per heavy atom. The lowest BCUT2D eigenvalue weighted by atomic mass is 9.96. The molecule has 2 fully saturated rings. The molecule has 1 heterocycles. The molecule has 4 heteroatoms. The molecule has 1 aromatic rings. The van der Waals surface area contributed by atoms with Crippen molar-refractivity contribution in [3.05, 3.63) is 35.9 Å². The van der Waals surface area contributed by atoms with E-state index >= 15 is 0 Å². The van der Waals surface area contributed by atoms with Gasteiger partial charge >= 0.3 is 6.03 Å². The molecule has 1 aromatic carbocycles. The third-order valence-electron chi connectivity index (χ3n) is 4.65. The van der Waals surface area contributed by atoms with Gasteiger partial charge in [0, 0.05) is 12.6 Å². The van der Waals surface area contributed by atoms with Crippen LogP contribution in [0.4, 0.5) is 4.79 Å². The monoisotopic (exact) mass is 302 g/mol. The van der Waals surface area contributed by atoms with E-state index in [1.807, 2.05) is 30.0 Å². The standard InChI is InChI=1S/C18H26N2O2/c1-14-12-20(18(21)19-16-10-6-3-7-11-16)13-17(22-14)15-8-4-2-5-9-15/h2,4-5,8-9,14,16-17H,3,6-7,10-13H2,1H3,(H,19,21).